The SMILES string of the molecule is C=CCCC/C(Cl)=C(/Cl)c1ccc(CC)cc1. The predicted molar refractivity (Wildman–Crippen MR) is 78.5 cm³/mol. The molecule has 0 radical (unpaired) electrons. The highest BCUT2D eigenvalue weighted by Crippen LogP contribution is 2.28. The topological polar surface area (TPSA) is 0 Å². The van der Waals surface area contributed by atoms with Crippen LogP contribution in [-0.2, 0) is 6.42 Å². The van der Waals surface area contributed by atoms with Gasteiger partial charge in [0.1, 0.15) is 0 Å². The van der Waals surface area contributed by atoms with E-state index >= 15 is 0 Å². The molecule has 1 rings (SSSR count). The Hall–Kier alpha value is -0.720. The molecule has 0 heterocycles. The molecule has 92 valence electrons. The van der Waals surface area contributed by atoms with Crippen LogP contribution in [0.1, 0.15) is 37.3 Å². The molecule has 0 bridgehead atoms. The lowest BCUT2D eigenvalue weighted by molar-refractivity contribution is 0.862. The van der Waals surface area contributed by atoms with E-state index in [1.807, 2.05) is 18.2 Å². The zero-order valence-electron chi connectivity index (χ0n) is 10.2. The van der Waals surface area contributed by atoms with Gasteiger partial charge in [-0.1, -0.05) is 60.5 Å². The van der Waals surface area contributed by atoms with Crippen LogP contribution < -0.4 is 0 Å². The van der Waals surface area contributed by atoms with Gasteiger partial charge in [0.2, 0.25) is 0 Å². The smallest absolute Gasteiger partial charge is 0.0623 e. The fraction of sp³-hybridized carbons (Fsp3) is 0.333. The van der Waals surface area contributed by atoms with Crippen LogP contribution in [0.2, 0.25) is 0 Å². The van der Waals surface area contributed by atoms with E-state index in [0.29, 0.717) is 5.03 Å². The van der Waals surface area contributed by atoms with Gasteiger partial charge < -0.3 is 0 Å². The van der Waals surface area contributed by atoms with Gasteiger partial charge in [-0.3, -0.25) is 0 Å². The Morgan fingerprint density at radius 2 is 1.88 bits per heavy atom. The van der Waals surface area contributed by atoms with Crippen molar-refractivity contribution in [2.24, 2.45) is 0 Å². The third kappa shape index (κ3) is 4.57. The van der Waals surface area contributed by atoms with Crippen molar-refractivity contribution in [3.05, 3.63) is 53.1 Å². The Morgan fingerprint density at radius 3 is 2.41 bits per heavy atom. The maximum absolute atomic E-state index is 6.25. The summed E-state index contributed by atoms with van der Waals surface area (Å²) in [6.07, 6.45) is 5.70. The third-order valence-electron chi connectivity index (χ3n) is 2.66. The van der Waals surface area contributed by atoms with Crippen molar-refractivity contribution in [2.45, 2.75) is 32.6 Å². The van der Waals surface area contributed by atoms with E-state index < -0.39 is 0 Å². The first kappa shape index (κ1) is 14.3. The fourth-order valence-electron chi connectivity index (χ4n) is 1.55. The summed E-state index contributed by atoms with van der Waals surface area (Å²) in [5, 5.41) is 1.40. The lowest BCUT2D eigenvalue weighted by atomic mass is 10.1. The minimum atomic E-state index is 0.665. The van der Waals surface area contributed by atoms with Gasteiger partial charge in [-0.2, -0.15) is 0 Å². The van der Waals surface area contributed by atoms with Crippen LogP contribution in [0.15, 0.2) is 42.0 Å². The van der Waals surface area contributed by atoms with Crippen molar-refractivity contribution < 1.29 is 0 Å². The van der Waals surface area contributed by atoms with Crippen molar-refractivity contribution in [1.82, 2.24) is 0 Å². The van der Waals surface area contributed by atoms with Crippen LogP contribution in [0, 0.1) is 0 Å². The summed E-state index contributed by atoms with van der Waals surface area (Å²) in [6.45, 7) is 5.82. The molecule has 0 amide bonds. The van der Waals surface area contributed by atoms with Crippen LogP contribution in [0.5, 0.6) is 0 Å². The van der Waals surface area contributed by atoms with E-state index in [1.165, 1.54) is 5.56 Å². The molecule has 0 atom stereocenters. The molecule has 0 saturated carbocycles. The molecule has 1 aromatic carbocycles. The van der Waals surface area contributed by atoms with Crippen molar-refractivity contribution >= 4 is 28.2 Å². The van der Waals surface area contributed by atoms with Gasteiger partial charge in [0.15, 0.2) is 0 Å². The van der Waals surface area contributed by atoms with Crippen molar-refractivity contribution in [2.75, 3.05) is 0 Å². The molecule has 0 aliphatic rings. The van der Waals surface area contributed by atoms with Crippen LogP contribution in [0.4, 0.5) is 0 Å². The van der Waals surface area contributed by atoms with E-state index in [4.69, 9.17) is 23.2 Å². The highest BCUT2D eigenvalue weighted by Gasteiger charge is 2.04. The van der Waals surface area contributed by atoms with Gasteiger partial charge in [-0.15, -0.1) is 6.58 Å². The largest absolute Gasteiger partial charge is 0.103 e. The zero-order chi connectivity index (χ0) is 12.7. The van der Waals surface area contributed by atoms with E-state index in [-0.39, 0.29) is 0 Å². The molecule has 0 nitrogen and oxygen atoms in total. The second-order valence-corrected chi connectivity index (χ2v) is 4.78. The van der Waals surface area contributed by atoms with Crippen molar-refractivity contribution in [3.8, 4) is 0 Å². The van der Waals surface area contributed by atoms with Gasteiger partial charge >= 0.3 is 0 Å². The monoisotopic (exact) mass is 268 g/mol. The first-order chi connectivity index (χ1) is 8.19. The molecule has 0 aromatic heterocycles. The van der Waals surface area contributed by atoms with Gasteiger partial charge in [-0.05, 0) is 36.8 Å². The van der Waals surface area contributed by atoms with Crippen LogP contribution in [0.25, 0.3) is 5.03 Å². The van der Waals surface area contributed by atoms with E-state index in [0.717, 1.165) is 36.3 Å². The minimum Gasteiger partial charge on any atom is -0.103 e. The third-order valence-corrected chi connectivity index (χ3v) is 3.58. The molecule has 0 saturated heterocycles. The van der Waals surface area contributed by atoms with Crippen LogP contribution >= 0.6 is 23.2 Å². The average Bonchev–Trinajstić information content (AvgIpc) is 2.38. The Morgan fingerprint density at radius 1 is 1.24 bits per heavy atom. The Kier molecular flexibility index (Phi) is 6.39. The summed E-state index contributed by atoms with van der Waals surface area (Å²) in [7, 11) is 0. The summed E-state index contributed by atoms with van der Waals surface area (Å²) in [4.78, 5) is 0. The summed E-state index contributed by atoms with van der Waals surface area (Å²) >= 11 is 12.4. The number of unbranched alkanes of at least 4 members (excludes halogenated alkanes) is 1. The molecule has 0 aliphatic carbocycles. The maximum Gasteiger partial charge on any atom is 0.0623 e. The Labute approximate surface area is 114 Å². The highest BCUT2D eigenvalue weighted by molar-refractivity contribution is 6.54. The number of aryl methyl sites for hydroxylation is 1. The summed E-state index contributed by atoms with van der Waals surface area (Å²) < 4.78 is 0. The second kappa shape index (κ2) is 7.58. The molecule has 17 heavy (non-hydrogen) atoms. The van der Waals surface area contributed by atoms with Crippen LogP contribution in [0.3, 0.4) is 0 Å². The number of halogens is 2. The Bertz CT molecular complexity index is 388. The quantitative estimate of drug-likeness (QED) is 0.455. The molecule has 0 spiro atoms. The lowest BCUT2D eigenvalue weighted by Crippen LogP contribution is -1.85. The molecule has 0 aliphatic heterocycles. The van der Waals surface area contributed by atoms with Gasteiger partial charge in [-0.25, -0.2) is 0 Å². The second-order valence-electron chi connectivity index (χ2n) is 3.95. The summed E-state index contributed by atoms with van der Waals surface area (Å²) in [5.41, 5.74) is 2.30. The molecular weight excluding hydrogens is 251 g/mol. The molecule has 0 unspecified atom stereocenters. The lowest BCUT2D eigenvalue weighted by Gasteiger charge is -2.05. The minimum absolute atomic E-state index is 0.665. The molecule has 2 heteroatoms. The standard InChI is InChI=1S/C15H18Cl2/c1-3-5-6-7-14(16)15(17)13-10-8-12(4-2)9-11-13/h3,8-11H,1,4-7H2,2H3/b15-14-. The fourth-order valence-corrected chi connectivity index (χ4v) is 2.02. The Balaban J connectivity index is 2.74. The van der Waals surface area contributed by atoms with Crippen LogP contribution in [-0.4, -0.2) is 0 Å². The van der Waals surface area contributed by atoms with Crippen molar-refractivity contribution in [3.63, 3.8) is 0 Å². The maximum atomic E-state index is 6.25. The highest BCUT2D eigenvalue weighted by atomic mass is 35.5. The number of benzene rings is 1. The summed E-state index contributed by atoms with van der Waals surface area (Å²) in [6, 6.07) is 8.23. The molecule has 0 N–H and O–H groups in total. The zero-order valence-corrected chi connectivity index (χ0v) is 11.7. The number of hydrogen-bond donors (Lipinski definition) is 0. The number of hydrogen-bond acceptors (Lipinski definition) is 0. The number of allylic oxidation sites excluding steroid dienone is 2. The normalized spacial score (nSPS) is 12.2. The predicted octanol–water partition coefficient (Wildman–Crippen LogP) is 5.75. The van der Waals surface area contributed by atoms with E-state index in [9.17, 15) is 0 Å². The van der Waals surface area contributed by atoms with E-state index in [2.05, 4.69) is 25.6 Å². The first-order valence-corrected chi connectivity index (χ1v) is 6.69. The molecular formula is C15H18Cl2. The molecule has 1 aromatic rings. The van der Waals surface area contributed by atoms with Crippen molar-refractivity contribution in [1.29, 1.82) is 0 Å². The van der Waals surface area contributed by atoms with Gasteiger partial charge in [0.05, 0.1) is 5.03 Å². The number of rotatable bonds is 6. The summed E-state index contributed by atoms with van der Waals surface area (Å²) in [5.74, 6) is 0. The van der Waals surface area contributed by atoms with E-state index in [1.54, 1.807) is 0 Å². The average molecular weight is 269 g/mol. The van der Waals surface area contributed by atoms with Gasteiger partial charge in [0, 0.05) is 5.03 Å². The molecule has 0 fully saturated rings. The van der Waals surface area contributed by atoms with Gasteiger partial charge in [0.25, 0.3) is 0 Å². The first-order valence-electron chi connectivity index (χ1n) is 5.93.